The van der Waals surface area contributed by atoms with Crippen LogP contribution in [0.15, 0.2) is 30.3 Å². The molecule has 1 aliphatic rings. The molecule has 2 aromatic carbocycles. The zero-order valence-corrected chi connectivity index (χ0v) is 22.7. The van der Waals surface area contributed by atoms with Crippen LogP contribution in [-0.2, 0) is 23.8 Å². The van der Waals surface area contributed by atoms with Gasteiger partial charge in [-0.2, -0.15) is 0 Å². The van der Waals surface area contributed by atoms with Crippen LogP contribution in [0.4, 0.5) is 5.69 Å². The van der Waals surface area contributed by atoms with Crippen molar-refractivity contribution < 1.29 is 38.0 Å². The molecule has 2 atom stereocenters. The molecule has 0 saturated carbocycles. The van der Waals surface area contributed by atoms with Gasteiger partial charge >= 0.3 is 11.9 Å². The number of hydrogen-bond acceptors (Lipinski definition) is 9. The summed E-state index contributed by atoms with van der Waals surface area (Å²) in [7, 11) is 3.08. The normalized spacial score (nSPS) is 16.6. The highest BCUT2D eigenvalue weighted by atomic mass is 35.5. The van der Waals surface area contributed by atoms with Gasteiger partial charge in [-0.05, 0) is 19.1 Å². The second-order valence-electron chi connectivity index (χ2n) is 8.00. The van der Waals surface area contributed by atoms with E-state index in [0.29, 0.717) is 45.5 Å². The maximum Gasteiger partial charge on any atom is 0.308 e. The van der Waals surface area contributed by atoms with Crippen molar-refractivity contribution in [3.05, 3.63) is 46.5 Å². The Morgan fingerprint density at radius 2 is 1.86 bits per heavy atom. The lowest BCUT2D eigenvalue weighted by Gasteiger charge is -2.25. The number of benzene rings is 2. The number of nitrogens with one attached hydrogen (secondary N) is 1. The van der Waals surface area contributed by atoms with Gasteiger partial charge in [-0.1, -0.05) is 36.0 Å². The number of para-hydroxylation sites is 1. The van der Waals surface area contributed by atoms with Gasteiger partial charge < -0.3 is 33.7 Å². The number of carbonyl (C=O) groups excluding carboxylic acids is 2. The van der Waals surface area contributed by atoms with Crippen LogP contribution in [0.1, 0.15) is 43.9 Å². The van der Waals surface area contributed by atoms with E-state index in [1.165, 1.54) is 14.0 Å². The van der Waals surface area contributed by atoms with Crippen molar-refractivity contribution >= 4 is 46.4 Å². The van der Waals surface area contributed by atoms with Crippen LogP contribution >= 0.6 is 23.8 Å². The molecule has 9 nitrogen and oxygen atoms in total. The predicted octanol–water partition coefficient (Wildman–Crippen LogP) is 4.87. The number of fused-ring (bicyclic) bond motifs is 1. The van der Waals surface area contributed by atoms with E-state index < -0.39 is 18.2 Å². The molecule has 0 unspecified atom stereocenters. The Labute approximate surface area is 226 Å². The van der Waals surface area contributed by atoms with Crippen molar-refractivity contribution in [3.63, 3.8) is 0 Å². The van der Waals surface area contributed by atoms with Gasteiger partial charge in [0.05, 0.1) is 46.1 Å². The Morgan fingerprint density at radius 1 is 1.08 bits per heavy atom. The Bertz CT molecular complexity index is 1140. The van der Waals surface area contributed by atoms with Crippen LogP contribution in [0.25, 0.3) is 0 Å². The zero-order chi connectivity index (χ0) is 26.9. The SMILES string of the molecule is CCOC(=O)C[C@@H]1O[C@@H](c2cccc(OC)c2OC)c2cc(Cl)cc(OCCCOC(C)=O)c2NC1=S. The molecule has 0 fully saturated rings. The van der Waals surface area contributed by atoms with Gasteiger partial charge in [0.1, 0.15) is 22.9 Å². The average molecular weight is 552 g/mol. The maximum atomic E-state index is 12.4. The van der Waals surface area contributed by atoms with E-state index in [9.17, 15) is 9.59 Å². The summed E-state index contributed by atoms with van der Waals surface area (Å²) in [6.45, 7) is 3.80. The fourth-order valence-electron chi connectivity index (χ4n) is 3.89. The van der Waals surface area contributed by atoms with Gasteiger partial charge in [0.15, 0.2) is 11.5 Å². The van der Waals surface area contributed by atoms with E-state index >= 15 is 0 Å². The first-order chi connectivity index (χ1) is 17.8. The van der Waals surface area contributed by atoms with Crippen LogP contribution in [-0.4, -0.2) is 57.1 Å². The molecular weight excluding hydrogens is 522 g/mol. The highest BCUT2D eigenvalue weighted by Gasteiger charge is 2.35. The Kier molecular flexibility index (Phi) is 10.4. The highest BCUT2D eigenvalue weighted by molar-refractivity contribution is 7.80. The lowest BCUT2D eigenvalue weighted by molar-refractivity contribution is -0.145. The number of hydrogen-bond donors (Lipinski definition) is 1. The van der Waals surface area contributed by atoms with Crippen molar-refractivity contribution in [3.8, 4) is 17.2 Å². The first-order valence-electron chi connectivity index (χ1n) is 11.7. The third-order valence-corrected chi connectivity index (χ3v) is 6.03. The summed E-state index contributed by atoms with van der Waals surface area (Å²) in [5.74, 6) is 0.602. The summed E-state index contributed by atoms with van der Waals surface area (Å²) in [6, 6.07) is 8.83. The van der Waals surface area contributed by atoms with Crippen LogP contribution < -0.4 is 19.5 Å². The molecule has 2 aromatic rings. The Morgan fingerprint density at radius 3 is 2.54 bits per heavy atom. The van der Waals surface area contributed by atoms with Gasteiger partial charge in [0.25, 0.3) is 0 Å². The topological polar surface area (TPSA) is 102 Å². The molecule has 11 heteroatoms. The lowest BCUT2D eigenvalue weighted by atomic mass is 9.98. The molecule has 1 heterocycles. The molecule has 37 heavy (non-hydrogen) atoms. The second-order valence-corrected chi connectivity index (χ2v) is 8.87. The quantitative estimate of drug-likeness (QED) is 0.236. The van der Waals surface area contributed by atoms with Crippen LogP contribution in [0, 0.1) is 0 Å². The van der Waals surface area contributed by atoms with E-state index in [1.807, 2.05) is 12.1 Å². The van der Waals surface area contributed by atoms with Crippen LogP contribution in [0.5, 0.6) is 17.2 Å². The van der Waals surface area contributed by atoms with E-state index in [2.05, 4.69) is 5.32 Å². The molecular formula is C26H30ClNO8S. The molecule has 200 valence electrons. The van der Waals surface area contributed by atoms with Crippen LogP contribution in [0.3, 0.4) is 0 Å². The number of rotatable bonds is 11. The van der Waals surface area contributed by atoms with Gasteiger partial charge in [-0.3, -0.25) is 9.59 Å². The first kappa shape index (κ1) is 28.5. The molecule has 0 radical (unpaired) electrons. The smallest absolute Gasteiger partial charge is 0.308 e. The molecule has 0 amide bonds. The standard InChI is InChI=1S/C26H30ClNO8S/c1-5-33-22(30)14-21-26(37)28-23-18(12-16(27)13-20(23)35-11-7-10-34-15(2)29)24(36-21)17-8-6-9-19(31-3)25(17)32-4/h6,8-9,12-13,21,24H,5,7,10-11,14H2,1-4H3,(H,28,37)/t21-,24-/m0/s1. The van der Waals surface area contributed by atoms with Crippen LogP contribution in [0.2, 0.25) is 5.02 Å². The predicted molar refractivity (Wildman–Crippen MR) is 142 cm³/mol. The molecule has 0 saturated heterocycles. The second kappa shape index (κ2) is 13.5. The van der Waals surface area contributed by atoms with Crippen molar-refractivity contribution in [2.45, 2.75) is 38.9 Å². The Hall–Kier alpha value is -3.08. The minimum atomic E-state index is -0.807. The van der Waals surface area contributed by atoms with E-state index in [-0.39, 0.29) is 37.2 Å². The minimum Gasteiger partial charge on any atom is -0.493 e. The van der Waals surface area contributed by atoms with Gasteiger partial charge in [0.2, 0.25) is 0 Å². The fraction of sp³-hybridized carbons (Fsp3) is 0.423. The summed E-state index contributed by atoms with van der Waals surface area (Å²) >= 11 is 12.1. The number of thiocarbonyl (C=S) groups is 1. The third kappa shape index (κ3) is 7.24. The summed E-state index contributed by atoms with van der Waals surface area (Å²) in [4.78, 5) is 23.7. The summed E-state index contributed by atoms with van der Waals surface area (Å²) in [5, 5.41) is 3.60. The number of halogens is 1. The largest absolute Gasteiger partial charge is 0.493 e. The van der Waals surface area contributed by atoms with E-state index in [0.717, 1.165) is 0 Å². The van der Waals surface area contributed by atoms with E-state index in [1.54, 1.807) is 32.2 Å². The van der Waals surface area contributed by atoms with Crippen molar-refractivity contribution in [1.29, 1.82) is 0 Å². The zero-order valence-electron chi connectivity index (χ0n) is 21.1. The highest BCUT2D eigenvalue weighted by Crippen LogP contribution is 2.46. The molecule has 0 bridgehead atoms. The average Bonchev–Trinajstić information content (AvgIpc) is 2.99. The number of carbonyl (C=O) groups is 2. The number of methoxy groups -OCH3 is 2. The molecule has 1 aliphatic heterocycles. The molecule has 0 aromatic heterocycles. The first-order valence-corrected chi connectivity index (χ1v) is 12.5. The third-order valence-electron chi connectivity index (χ3n) is 5.45. The van der Waals surface area contributed by atoms with Gasteiger partial charge in [-0.15, -0.1) is 0 Å². The maximum absolute atomic E-state index is 12.4. The molecule has 0 spiro atoms. The summed E-state index contributed by atoms with van der Waals surface area (Å²) < 4.78 is 33.7. The lowest BCUT2D eigenvalue weighted by Crippen LogP contribution is -2.31. The summed E-state index contributed by atoms with van der Waals surface area (Å²) in [6.07, 6.45) is -1.18. The monoisotopic (exact) mass is 551 g/mol. The molecule has 1 N–H and O–H groups in total. The van der Waals surface area contributed by atoms with Crippen molar-refractivity contribution in [2.24, 2.45) is 0 Å². The van der Waals surface area contributed by atoms with Crippen molar-refractivity contribution in [2.75, 3.05) is 39.4 Å². The molecule has 3 rings (SSSR count). The molecule has 0 aliphatic carbocycles. The van der Waals surface area contributed by atoms with Gasteiger partial charge in [0, 0.05) is 35.6 Å². The van der Waals surface area contributed by atoms with E-state index in [4.69, 9.17) is 52.2 Å². The number of anilines is 1. The number of esters is 2. The van der Waals surface area contributed by atoms with Crippen molar-refractivity contribution in [1.82, 2.24) is 0 Å². The van der Waals surface area contributed by atoms with Gasteiger partial charge in [-0.25, -0.2) is 0 Å². The summed E-state index contributed by atoms with van der Waals surface area (Å²) in [5.41, 5.74) is 1.82. The fourth-order valence-corrected chi connectivity index (χ4v) is 4.35. The Balaban J connectivity index is 2.06. The number of ether oxygens (including phenoxy) is 6. The minimum absolute atomic E-state index is 0.0945.